The average Bonchev–Trinajstić information content (AvgIpc) is 2.61. The van der Waals surface area contributed by atoms with Gasteiger partial charge >= 0.3 is 5.97 Å². The summed E-state index contributed by atoms with van der Waals surface area (Å²) in [4.78, 5) is 34.0. The molecule has 0 bridgehead atoms. The highest BCUT2D eigenvalue weighted by atomic mass is 79.9. The van der Waals surface area contributed by atoms with Crippen molar-refractivity contribution in [3.05, 3.63) is 63.1 Å². The molecule has 8 nitrogen and oxygen atoms in total. The number of carbonyl (C=O) groups excluding carboxylic acids is 2. The molecule has 0 radical (unpaired) electrons. The number of halogens is 1. The predicted molar refractivity (Wildman–Crippen MR) is 96.9 cm³/mol. The molecule has 0 aromatic heterocycles. The first-order valence-corrected chi connectivity index (χ1v) is 8.27. The maximum atomic E-state index is 12.0. The molecular weight excluding hydrogens is 408 g/mol. The Hall–Kier alpha value is -2.94. The van der Waals surface area contributed by atoms with Gasteiger partial charge in [0.05, 0.1) is 4.92 Å². The van der Waals surface area contributed by atoms with E-state index in [4.69, 9.17) is 9.47 Å². The number of non-ortho nitro benzene ring substituents is 1. The highest BCUT2D eigenvalue weighted by molar-refractivity contribution is 9.10. The van der Waals surface area contributed by atoms with Crippen LogP contribution in [-0.4, -0.2) is 29.5 Å². The largest absolute Gasteiger partial charge is 0.482 e. The van der Waals surface area contributed by atoms with Crippen LogP contribution in [0.15, 0.2) is 53.0 Å². The molecule has 136 valence electrons. The van der Waals surface area contributed by atoms with E-state index in [1.54, 1.807) is 24.3 Å². The fourth-order valence-corrected chi connectivity index (χ4v) is 2.16. The van der Waals surface area contributed by atoms with Gasteiger partial charge in [-0.3, -0.25) is 14.9 Å². The van der Waals surface area contributed by atoms with Crippen molar-refractivity contribution in [2.45, 2.75) is 13.0 Å². The number of benzene rings is 2. The number of nitro benzene ring substituents is 1. The number of rotatable bonds is 7. The van der Waals surface area contributed by atoms with Gasteiger partial charge in [0.2, 0.25) is 0 Å². The number of esters is 1. The summed E-state index contributed by atoms with van der Waals surface area (Å²) in [5, 5.41) is 13.2. The summed E-state index contributed by atoms with van der Waals surface area (Å²) in [6, 6.07) is 12.3. The van der Waals surface area contributed by atoms with E-state index in [0.717, 1.165) is 4.47 Å². The summed E-state index contributed by atoms with van der Waals surface area (Å²) >= 11 is 3.28. The van der Waals surface area contributed by atoms with Gasteiger partial charge in [-0.2, -0.15) is 0 Å². The number of carbonyl (C=O) groups is 2. The monoisotopic (exact) mass is 422 g/mol. The van der Waals surface area contributed by atoms with E-state index in [1.807, 2.05) is 0 Å². The van der Waals surface area contributed by atoms with Crippen molar-refractivity contribution >= 4 is 39.2 Å². The topological polar surface area (TPSA) is 108 Å². The lowest BCUT2D eigenvalue weighted by Gasteiger charge is -2.14. The van der Waals surface area contributed by atoms with Crippen LogP contribution in [0.25, 0.3) is 0 Å². The van der Waals surface area contributed by atoms with Crippen molar-refractivity contribution in [3.8, 4) is 5.75 Å². The third kappa shape index (κ3) is 5.85. The van der Waals surface area contributed by atoms with Crippen LogP contribution in [0.4, 0.5) is 11.4 Å². The Kier molecular flexibility index (Phi) is 6.67. The third-order valence-corrected chi connectivity index (χ3v) is 3.70. The number of anilines is 1. The Balaban J connectivity index is 1.84. The summed E-state index contributed by atoms with van der Waals surface area (Å²) < 4.78 is 11.1. The van der Waals surface area contributed by atoms with Crippen molar-refractivity contribution in [2.24, 2.45) is 0 Å². The first-order chi connectivity index (χ1) is 12.3. The molecule has 1 atom stereocenters. The van der Waals surface area contributed by atoms with Gasteiger partial charge in [-0.15, -0.1) is 0 Å². The van der Waals surface area contributed by atoms with E-state index in [0.29, 0.717) is 5.75 Å². The van der Waals surface area contributed by atoms with Crippen molar-refractivity contribution in [2.75, 3.05) is 11.9 Å². The highest BCUT2D eigenvalue weighted by Gasteiger charge is 2.19. The van der Waals surface area contributed by atoms with E-state index < -0.39 is 22.9 Å². The molecule has 0 aliphatic rings. The van der Waals surface area contributed by atoms with Gasteiger partial charge in [0, 0.05) is 22.3 Å². The quantitative estimate of drug-likeness (QED) is 0.416. The Morgan fingerprint density at radius 3 is 2.58 bits per heavy atom. The molecule has 0 fully saturated rings. The van der Waals surface area contributed by atoms with Crippen LogP contribution in [0.1, 0.15) is 6.92 Å². The Labute approximate surface area is 157 Å². The van der Waals surface area contributed by atoms with Crippen LogP contribution >= 0.6 is 15.9 Å². The van der Waals surface area contributed by atoms with E-state index in [1.165, 1.54) is 31.2 Å². The lowest BCUT2D eigenvalue weighted by Crippen LogP contribution is -2.31. The standard InChI is InChI=1S/C17H15BrN2O6/c1-11(17(22)19-13-3-2-4-14(9-13)20(23)24)26-16(21)10-25-15-7-5-12(18)6-8-15/h2-9,11H,10H2,1H3,(H,19,22). The van der Waals surface area contributed by atoms with E-state index >= 15 is 0 Å². The number of amides is 1. The Morgan fingerprint density at radius 1 is 1.23 bits per heavy atom. The zero-order valence-corrected chi connectivity index (χ0v) is 15.3. The smallest absolute Gasteiger partial charge is 0.344 e. The lowest BCUT2D eigenvalue weighted by atomic mass is 10.2. The summed E-state index contributed by atoms with van der Waals surface area (Å²) in [5.74, 6) is -0.837. The molecule has 0 spiro atoms. The predicted octanol–water partition coefficient (Wildman–Crippen LogP) is 3.31. The summed E-state index contributed by atoms with van der Waals surface area (Å²) in [5.41, 5.74) is 0.0774. The minimum absolute atomic E-state index is 0.157. The minimum atomic E-state index is -1.09. The summed E-state index contributed by atoms with van der Waals surface area (Å²) in [6.07, 6.45) is -1.09. The summed E-state index contributed by atoms with van der Waals surface area (Å²) in [7, 11) is 0. The van der Waals surface area contributed by atoms with Crippen molar-refractivity contribution in [3.63, 3.8) is 0 Å². The van der Waals surface area contributed by atoms with Gasteiger partial charge in [0.25, 0.3) is 11.6 Å². The molecule has 1 N–H and O–H groups in total. The second-order valence-corrected chi connectivity index (χ2v) is 6.09. The SMILES string of the molecule is CC(OC(=O)COc1ccc(Br)cc1)C(=O)Nc1cccc([N+](=O)[O-])c1. The van der Waals surface area contributed by atoms with Crippen LogP contribution in [0.2, 0.25) is 0 Å². The number of hydrogen-bond donors (Lipinski definition) is 1. The summed E-state index contributed by atoms with van der Waals surface area (Å²) in [6.45, 7) is 1.04. The number of nitrogens with zero attached hydrogens (tertiary/aromatic N) is 1. The van der Waals surface area contributed by atoms with Crippen LogP contribution in [0.5, 0.6) is 5.75 Å². The van der Waals surface area contributed by atoms with E-state index in [2.05, 4.69) is 21.2 Å². The zero-order valence-electron chi connectivity index (χ0n) is 13.7. The molecule has 0 heterocycles. The van der Waals surface area contributed by atoms with Crippen LogP contribution < -0.4 is 10.1 Å². The average molecular weight is 423 g/mol. The third-order valence-electron chi connectivity index (χ3n) is 3.17. The van der Waals surface area contributed by atoms with E-state index in [9.17, 15) is 19.7 Å². The number of nitro groups is 1. The van der Waals surface area contributed by atoms with Gasteiger partial charge in [-0.1, -0.05) is 22.0 Å². The van der Waals surface area contributed by atoms with Crippen molar-refractivity contribution < 1.29 is 24.0 Å². The molecule has 2 aromatic rings. The molecule has 0 saturated heterocycles. The fourth-order valence-electron chi connectivity index (χ4n) is 1.90. The van der Waals surface area contributed by atoms with Crippen LogP contribution in [0.3, 0.4) is 0 Å². The van der Waals surface area contributed by atoms with Gasteiger partial charge < -0.3 is 14.8 Å². The Morgan fingerprint density at radius 2 is 1.92 bits per heavy atom. The molecule has 1 unspecified atom stereocenters. The fraction of sp³-hybridized carbons (Fsp3) is 0.176. The van der Waals surface area contributed by atoms with Gasteiger partial charge in [-0.05, 0) is 37.3 Å². The molecule has 2 rings (SSSR count). The normalized spacial score (nSPS) is 11.3. The van der Waals surface area contributed by atoms with E-state index in [-0.39, 0.29) is 18.0 Å². The molecule has 26 heavy (non-hydrogen) atoms. The second kappa shape index (κ2) is 8.95. The van der Waals surface area contributed by atoms with Crippen molar-refractivity contribution in [1.29, 1.82) is 0 Å². The molecule has 9 heteroatoms. The Bertz CT molecular complexity index is 809. The number of ether oxygens (including phenoxy) is 2. The first kappa shape index (κ1) is 19.4. The first-order valence-electron chi connectivity index (χ1n) is 7.48. The second-order valence-electron chi connectivity index (χ2n) is 5.17. The zero-order chi connectivity index (χ0) is 19.1. The van der Waals surface area contributed by atoms with Crippen LogP contribution in [0, 0.1) is 10.1 Å². The van der Waals surface area contributed by atoms with Gasteiger partial charge in [-0.25, -0.2) is 4.79 Å². The minimum Gasteiger partial charge on any atom is -0.482 e. The molecule has 0 aliphatic carbocycles. The van der Waals surface area contributed by atoms with Crippen LogP contribution in [-0.2, 0) is 14.3 Å². The maximum absolute atomic E-state index is 12.0. The highest BCUT2D eigenvalue weighted by Crippen LogP contribution is 2.18. The molecule has 2 aromatic carbocycles. The van der Waals surface area contributed by atoms with Gasteiger partial charge in [0.1, 0.15) is 5.75 Å². The molecule has 0 saturated carbocycles. The lowest BCUT2D eigenvalue weighted by molar-refractivity contribution is -0.384. The molecule has 1 amide bonds. The molecule has 0 aliphatic heterocycles. The van der Waals surface area contributed by atoms with Crippen molar-refractivity contribution in [1.82, 2.24) is 0 Å². The molecular formula is C17H15BrN2O6. The number of hydrogen-bond acceptors (Lipinski definition) is 6. The van der Waals surface area contributed by atoms with Gasteiger partial charge in [0.15, 0.2) is 12.7 Å². The number of nitrogens with one attached hydrogen (secondary N) is 1. The maximum Gasteiger partial charge on any atom is 0.344 e.